The SMILES string of the molecule is CC1=C(OCCCC(CCCCCCN2CCCNCC2)c2ccnc3cc(C(F)(F)F)ccc23)C(C)SC1=O. The van der Waals surface area contributed by atoms with Gasteiger partial charge in [0.2, 0.25) is 5.12 Å². The van der Waals surface area contributed by atoms with Crippen LogP contribution in [0.25, 0.3) is 10.9 Å². The summed E-state index contributed by atoms with van der Waals surface area (Å²) in [6.45, 7) is 9.94. The van der Waals surface area contributed by atoms with Crippen LogP contribution in [0.2, 0.25) is 0 Å². The molecule has 1 aromatic heterocycles. The molecule has 0 amide bonds. The highest BCUT2D eigenvalue weighted by Gasteiger charge is 2.31. The van der Waals surface area contributed by atoms with Crippen molar-refractivity contribution in [1.29, 1.82) is 0 Å². The number of nitrogens with one attached hydrogen (secondary N) is 1. The fourth-order valence-corrected chi connectivity index (χ4v) is 6.76. The molecule has 0 radical (unpaired) electrons. The van der Waals surface area contributed by atoms with Gasteiger partial charge in [0.25, 0.3) is 0 Å². The van der Waals surface area contributed by atoms with Gasteiger partial charge in [-0.1, -0.05) is 37.1 Å². The third kappa shape index (κ3) is 8.46. The molecule has 3 heterocycles. The Morgan fingerprint density at radius 1 is 1.10 bits per heavy atom. The summed E-state index contributed by atoms with van der Waals surface area (Å²) < 4.78 is 46.0. The van der Waals surface area contributed by atoms with Gasteiger partial charge < -0.3 is 15.0 Å². The van der Waals surface area contributed by atoms with E-state index in [4.69, 9.17) is 4.74 Å². The highest BCUT2D eigenvalue weighted by atomic mass is 32.2. The number of rotatable bonds is 13. The Morgan fingerprint density at radius 2 is 1.90 bits per heavy atom. The van der Waals surface area contributed by atoms with E-state index >= 15 is 0 Å². The van der Waals surface area contributed by atoms with Crippen LogP contribution in [0.1, 0.15) is 82.3 Å². The van der Waals surface area contributed by atoms with E-state index < -0.39 is 11.7 Å². The van der Waals surface area contributed by atoms with Crippen LogP contribution < -0.4 is 5.32 Å². The van der Waals surface area contributed by atoms with Gasteiger partial charge in [0.1, 0.15) is 5.76 Å². The highest BCUT2D eigenvalue weighted by Crippen LogP contribution is 2.37. The molecule has 5 nitrogen and oxygen atoms in total. The molecule has 2 atom stereocenters. The van der Waals surface area contributed by atoms with E-state index in [1.54, 1.807) is 12.3 Å². The van der Waals surface area contributed by atoms with Crippen molar-refractivity contribution in [2.24, 2.45) is 0 Å². The van der Waals surface area contributed by atoms with E-state index in [-0.39, 0.29) is 16.3 Å². The number of fused-ring (bicyclic) bond motifs is 1. The Morgan fingerprint density at radius 3 is 2.67 bits per heavy atom. The van der Waals surface area contributed by atoms with E-state index in [0.29, 0.717) is 17.7 Å². The van der Waals surface area contributed by atoms with Crippen LogP contribution >= 0.6 is 11.8 Å². The maximum absolute atomic E-state index is 13.3. The molecule has 2 aliphatic heterocycles. The zero-order valence-corrected chi connectivity index (χ0v) is 24.5. The number of pyridine rings is 1. The molecule has 0 aliphatic carbocycles. The summed E-state index contributed by atoms with van der Waals surface area (Å²) in [6.07, 6.45) is 5.69. The van der Waals surface area contributed by atoms with Gasteiger partial charge in [-0.3, -0.25) is 9.78 Å². The molecule has 2 aromatic rings. The summed E-state index contributed by atoms with van der Waals surface area (Å²) in [4.78, 5) is 18.8. The molecule has 0 saturated carbocycles. The lowest BCUT2D eigenvalue weighted by Crippen LogP contribution is -2.29. The number of ether oxygens (including phenoxy) is 1. The summed E-state index contributed by atoms with van der Waals surface area (Å²) in [5, 5.41) is 4.37. The van der Waals surface area contributed by atoms with E-state index in [2.05, 4.69) is 15.2 Å². The Bertz CT molecular complexity index is 1160. The zero-order chi connectivity index (χ0) is 28.5. The van der Waals surface area contributed by atoms with Crippen molar-refractivity contribution in [3.8, 4) is 0 Å². The van der Waals surface area contributed by atoms with Crippen molar-refractivity contribution < 1.29 is 22.7 Å². The maximum atomic E-state index is 13.3. The maximum Gasteiger partial charge on any atom is 0.416 e. The molecule has 2 aliphatic rings. The first kappa shape index (κ1) is 30.8. The fourth-order valence-electron chi connectivity index (χ4n) is 5.81. The molecule has 1 N–H and O–H groups in total. The van der Waals surface area contributed by atoms with Crippen molar-refractivity contribution in [3.05, 3.63) is 52.9 Å². The average molecular weight is 578 g/mol. The van der Waals surface area contributed by atoms with E-state index in [9.17, 15) is 18.0 Å². The molecule has 1 aromatic carbocycles. The fraction of sp³-hybridized carbons (Fsp3) is 0.613. The number of alkyl halides is 3. The number of hydrogen-bond acceptors (Lipinski definition) is 6. The number of carbonyl (C=O) groups is 1. The third-order valence-corrected chi connectivity index (χ3v) is 9.12. The normalized spacial score (nSPS) is 19.8. The minimum atomic E-state index is -4.39. The van der Waals surface area contributed by atoms with E-state index in [0.717, 1.165) is 87.1 Å². The Labute approximate surface area is 240 Å². The Kier molecular flexibility index (Phi) is 11.3. The number of hydrogen-bond donors (Lipinski definition) is 1. The zero-order valence-electron chi connectivity index (χ0n) is 23.7. The smallest absolute Gasteiger partial charge is 0.416 e. The monoisotopic (exact) mass is 577 g/mol. The summed E-state index contributed by atoms with van der Waals surface area (Å²) in [5.41, 5.74) is 1.48. The lowest BCUT2D eigenvalue weighted by Gasteiger charge is -2.21. The highest BCUT2D eigenvalue weighted by molar-refractivity contribution is 8.15. The summed E-state index contributed by atoms with van der Waals surface area (Å²) in [5.74, 6) is 0.982. The second kappa shape index (κ2) is 14.7. The van der Waals surface area contributed by atoms with Crippen molar-refractivity contribution in [1.82, 2.24) is 15.2 Å². The molecule has 0 spiro atoms. The van der Waals surface area contributed by atoms with Crippen LogP contribution in [0.3, 0.4) is 0 Å². The van der Waals surface area contributed by atoms with Gasteiger partial charge in [0.05, 0.1) is 22.9 Å². The molecule has 40 heavy (non-hydrogen) atoms. The van der Waals surface area contributed by atoms with Gasteiger partial charge in [-0.15, -0.1) is 0 Å². The first-order valence-electron chi connectivity index (χ1n) is 14.7. The van der Waals surface area contributed by atoms with Crippen LogP contribution in [0, 0.1) is 0 Å². The predicted molar refractivity (Wildman–Crippen MR) is 156 cm³/mol. The Balaban J connectivity index is 1.37. The average Bonchev–Trinajstić information content (AvgIpc) is 3.09. The van der Waals surface area contributed by atoms with Crippen molar-refractivity contribution in [2.45, 2.75) is 82.6 Å². The topological polar surface area (TPSA) is 54.5 Å². The second-order valence-corrected chi connectivity index (χ2v) is 12.3. The molecular weight excluding hydrogens is 535 g/mol. The summed E-state index contributed by atoms with van der Waals surface area (Å²) in [6, 6.07) is 5.87. The second-order valence-electron chi connectivity index (χ2n) is 11.0. The van der Waals surface area contributed by atoms with Crippen molar-refractivity contribution in [3.63, 3.8) is 0 Å². The summed E-state index contributed by atoms with van der Waals surface area (Å²) >= 11 is 1.30. The van der Waals surface area contributed by atoms with Crippen LogP contribution in [-0.4, -0.2) is 59.6 Å². The molecule has 9 heteroatoms. The quantitative estimate of drug-likeness (QED) is 0.252. The minimum Gasteiger partial charge on any atom is -0.496 e. The number of unbranched alkanes of at least 4 members (excludes halogenated alkanes) is 3. The molecule has 1 fully saturated rings. The van der Waals surface area contributed by atoms with Gasteiger partial charge >= 0.3 is 6.18 Å². The van der Waals surface area contributed by atoms with E-state index in [1.165, 1.54) is 37.6 Å². The van der Waals surface area contributed by atoms with Gasteiger partial charge in [0.15, 0.2) is 0 Å². The molecule has 4 rings (SSSR count). The number of halogens is 3. The Hall–Kier alpha value is -2.10. The van der Waals surface area contributed by atoms with Gasteiger partial charge in [-0.25, -0.2) is 0 Å². The van der Waals surface area contributed by atoms with Gasteiger partial charge in [0, 0.05) is 30.2 Å². The lowest BCUT2D eigenvalue weighted by molar-refractivity contribution is -0.137. The third-order valence-electron chi connectivity index (χ3n) is 8.04. The molecule has 220 valence electrons. The van der Waals surface area contributed by atoms with E-state index in [1.807, 2.05) is 19.9 Å². The van der Waals surface area contributed by atoms with Crippen molar-refractivity contribution >= 4 is 27.8 Å². The number of thioether (sulfide) groups is 1. The number of aromatic nitrogens is 1. The van der Waals surface area contributed by atoms with Crippen LogP contribution in [0.4, 0.5) is 13.2 Å². The number of carbonyl (C=O) groups excluding carboxylic acids is 1. The van der Waals surface area contributed by atoms with Crippen molar-refractivity contribution in [2.75, 3.05) is 39.3 Å². The van der Waals surface area contributed by atoms with Crippen LogP contribution in [0.15, 0.2) is 41.8 Å². The number of benzene rings is 1. The first-order chi connectivity index (χ1) is 19.2. The number of nitrogens with zero attached hydrogens (tertiary/aromatic N) is 2. The molecule has 2 unspecified atom stereocenters. The predicted octanol–water partition coefficient (Wildman–Crippen LogP) is 7.32. The lowest BCUT2D eigenvalue weighted by atomic mass is 9.87. The van der Waals surface area contributed by atoms with Crippen LogP contribution in [0.5, 0.6) is 0 Å². The first-order valence-corrected chi connectivity index (χ1v) is 15.6. The molecule has 1 saturated heterocycles. The minimum absolute atomic E-state index is 0.0424. The summed E-state index contributed by atoms with van der Waals surface area (Å²) in [7, 11) is 0. The van der Waals surface area contributed by atoms with Gasteiger partial charge in [-0.05, 0) is 95.3 Å². The largest absolute Gasteiger partial charge is 0.496 e. The van der Waals surface area contributed by atoms with Gasteiger partial charge in [-0.2, -0.15) is 13.2 Å². The standard InChI is InChI=1S/C31H42F3N3O2S/c1-22-29(23(2)40-30(22)38)39-20-7-10-24(9-5-3-4-6-17-37-18-8-14-35-16-19-37)26-13-15-36-28-21-25(31(32,33)34)11-12-27(26)28/h11-13,15,21,23-24,35H,3-10,14,16-20H2,1-2H3. The molecular formula is C31H42F3N3O2S. The molecule has 0 bridgehead atoms. The van der Waals surface area contributed by atoms with Crippen LogP contribution in [-0.2, 0) is 15.7 Å².